The van der Waals surface area contributed by atoms with Gasteiger partial charge in [0, 0.05) is 5.92 Å². The Morgan fingerprint density at radius 2 is 2.56 bits per heavy atom. The topological polar surface area (TPSA) is 26.3 Å². The molecule has 1 aliphatic heterocycles. The number of carbonyl (C=O) groups excluding carboxylic acids is 1. The van der Waals surface area contributed by atoms with Gasteiger partial charge in [0.05, 0.1) is 12.5 Å². The first-order chi connectivity index (χ1) is 4.34. The summed E-state index contributed by atoms with van der Waals surface area (Å²) in [6.07, 6.45) is 1.14. The van der Waals surface area contributed by atoms with Gasteiger partial charge in [-0.15, -0.1) is 0 Å². The molecule has 3 atom stereocenters. The summed E-state index contributed by atoms with van der Waals surface area (Å²) in [7, 11) is 0. The second-order valence-electron chi connectivity index (χ2n) is 2.89. The van der Waals surface area contributed by atoms with Gasteiger partial charge in [0.1, 0.15) is 0 Å². The van der Waals surface area contributed by atoms with Crippen molar-refractivity contribution < 1.29 is 9.53 Å². The average Bonchev–Trinajstić information content (AvgIpc) is 2.46. The Morgan fingerprint density at radius 3 is 2.89 bits per heavy atom. The number of esters is 1. The van der Waals surface area contributed by atoms with Crippen molar-refractivity contribution in [2.24, 2.45) is 17.8 Å². The summed E-state index contributed by atoms with van der Waals surface area (Å²) in [5.74, 6) is 1.62. The van der Waals surface area contributed by atoms with Crippen LogP contribution in [0.3, 0.4) is 0 Å². The van der Waals surface area contributed by atoms with Crippen LogP contribution in [0.5, 0.6) is 0 Å². The molecule has 0 spiro atoms. The lowest BCUT2D eigenvalue weighted by Crippen LogP contribution is -2.03. The van der Waals surface area contributed by atoms with Crippen LogP contribution in [-0.4, -0.2) is 12.6 Å². The van der Waals surface area contributed by atoms with E-state index in [1.165, 1.54) is 0 Å². The molecule has 2 aliphatic rings. The predicted octanol–water partition coefficient (Wildman–Crippen LogP) is 0.815. The summed E-state index contributed by atoms with van der Waals surface area (Å²) >= 11 is 0. The number of hydrogen-bond acceptors (Lipinski definition) is 2. The third-order valence-electron chi connectivity index (χ3n) is 2.49. The minimum Gasteiger partial charge on any atom is -0.465 e. The number of fused-ring (bicyclic) bond motifs is 1. The molecule has 1 saturated heterocycles. The summed E-state index contributed by atoms with van der Waals surface area (Å²) in [5, 5.41) is 0. The molecule has 1 aliphatic carbocycles. The second kappa shape index (κ2) is 1.49. The average molecular weight is 126 g/mol. The molecule has 0 bridgehead atoms. The van der Waals surface area contributed by atoms with Crippen LogP contribution in [-0.2, 0) is 9.53 Å². The first-order valence-electron chi connectivity index (χ1n) is 3.51. The highest BCUT2D eigenvalue weighted by atomic mass is 16.5. The Hall–Kier alpha value is -0.530. The highest BCUT2D eigenvalue weighted by Crippen LogP contribution is 2.53. The third-order valence-corrected chi connectivity index (χ3v) is 2.49. The van der Waals surface area contributed by atoms with Crippen LogP contribution in [0.4, 0.5) is 0 Å². The van der Waals surface area contributed by atoms with E-state index >= 15 is 0 Å². The number of ether oxygens (including phenoxy) is 1. The Bertz CT molecular complexity index is 149. The first kappa shape index (κ1) is 5.27. The van der Waals surface area contributed by atoms with Gasteiger partial charge in [0.2, 0.25) is 0 Å². The maximum absolute atomic E-state index is 10.8. The molecule has 2 fully saturated rings. The van der Waals surface area contributed by atoms with Crippen LogP contribution in [0.2, 0.25) is 0 Å². The van der Waals surface area contributed by atoms with Crippen molar-refractivity contribution in [1.29, 1.82) is 0 Å². The fraction of sp³-hybridized carbons (Fsp3) is 0.857. The van der Waals surface area contributed by atoms with E-state index in [2.05, 4.69) is 6.92 Å². The van der Waals surface area contributed by atoms with E-state index in [0.29, 0.717) is 24.4 Å². The molecule has 0 aromatic heterocycles. The fourth-order valence-electron chi connectivity index (χ4n) is 1.85. The van der Waals surface area contributed by atoms with Crippen molar-refractivity contribution >= 4 is 5.97 Å². The fourth-order valence-corrected chi connectivity index (χ4v) is 1.85. The summed E-state index contributed by atoms with van der Waals surface area (Å²) in [6, 6.07) is 0. The molecule has 0 unspecified atom stereocenters. The van der Waals surface area contributed by atoms with Crippen LogP contribution in [0.25, 0.3) is 0 Å². The van der Waals surface area contributed by atoms with Crippen molar-refractivity contribution in [2.45, 2.75) is 13.3 Å². The van der Waals surface area contributed by atoms with E-state index in [4.69, 9.17) is 4.74 Å². The van der Waals surface area contributed by atoms with Gasteiger partial charge in [-0.1, -0.05) is 13.3 Å². The predicted molar refractivity (Wildman–Crippen MR) is 31.7 cm³/mol. The zero-order valence-corrected chi connectivity index (χ0v) is 5.46. The van der Waals surface area contributed by atoms with Gasteiger partial charge in [-0.2, -0.15) is 0 Å². The maximum atomic E-state index is 10.8. The smallest absolute Gasteiger partial charge is 0.309 e. The molecule has 1 heterocycles. The summed E-state index contributed by atoms with van der Waals surface area (Å²) in [5.41, 5.74) is 0. The molecule has 0 N–H and O–H groups in total. The van der Waals surface area contributed by atoms with Gasteiger partial charge >= 0.3 is 5.97 Å². The molecule has 9 heavy (non-hydrogen) atoms. The van der Waals surface area contributed by atoms with E-state index in [-0.39, 0.29) is 5.97 Å². The van der Waals surface area contributed by atoms with Gasteiger partial charge in [0.25, 0.3) is 0 Å². The van der Waals surface area contributed by atoms with Crippen molar-refractivity contribution in [1.82, 2.24) is 0 Å². The molecule has 2 nitrogen and oxygen atoms in total. The molecule has 0 radical (unpaired) electrons. The molecule has 0 aromatic carbocycles. The van der Waals surface area contributed by atoms with Crippen LogP contribution >= 0.6 is 0 Å². The summed E-state index contributed by atoms with van der Waals surface area (Å²) in [6.45, 7) is 2.83. The Kier molecular flexibility index (Phi) is 0.875. The molecular weight excluding hydrogens is 116 g/mol. The van der Waals surface area contributed by atoms with E-state index in [1.54, 1.807) is 0 Å². The molecule has 2 rings (SSSR count). The molecule has 0 aromatic rings. The van der Waals surface area contributed by atoms with Gasteiger partial charge in [-0.3, -0.25) is 4.79 Å². The largest absolute Gasteiger partial charge is 0.465 e. The van der Waals surface area contributed by atoms with E-state index in [1.807, 2.05) is 0 Å². The lowest BCUT2D eigenvalue weighted by molar-refractivity contribution is -0.141. The zero-order valence-electron chi connectivity index (χ0n) is 5.46. The number of rotatable bonds is 1. The first-order valence-corrected chi connectivity index (χ1v) is 3.51. The monoisotopic (exact) mass is 126 g/mol. The molecule has 50 valence electrons. The lowest BCUT2D eigenvalue weighted by atomic mass is 10.2. The van der Waals surface area contributed by atoms with Gasteiger partial charge < -0.3 is 4.74 Å². The third kappa shape index (κ3) is 0.533. The van der Waals surface area contributed by atoms with Gasteiger partial charge in [-0.05, 0) is 5.92 Å². The molecule has 2 heteroatoms. The van der Waals surface area contributed by atoms with Gasteiger partial charge in [0.15, 0.2) is 0 Å². The van der Waals surface area contributed by atoms with Crippen LogP contribution in [0.1, 0.15) is 13.3 Å². The Labute approximate surface area is 54.2 Å². The Morgan fingerprint density at radius 1 is 1.78 bits per heavy atom. The van der Waals surface area contributed by atoms with Crippen molar-refractivity contribution in [3.8, 4) is 0 Å². The van der Waals surface area contributed by atoms with E-state index < -0.39 is 0 Å². The van der Waals surface area contributed by atoms with E-state index in [9.17, 15) is 4.79 Å². The van der Waals surface area contributed by atoms with Crippen LogP contribution in [0, 0.1) is 17.8 Å². The number of hydrogen-bond donors (Lipinski definition) is 0. The highest BCUT2D eigenvalue weighted by molar-refractivity contribution is 5.78. The highest BCUT2D eigenvalue weighted by Gasteiger charge is 2.59. The molecule has 0 amide bonds. The van der Waals surface area contributed by atoms with Crippen molar-refractivity contribution in [3.63, 3.8) is 0 Å². The minimum atomic E-state index is 0.0480. The van der Waals surface area contributed by atoms with E-state index in [0.717, 1.165) is 6.42 Å². The van der Waals surface area contributed by atoms with Crippen molar-refractivity contribution in [2.75, 3.05) is 6.61 Å². The summed E-state index contributed by atoms with van der Waals surface area (Å²) in [4.78, 5) is 10.8. The number of carbonyl (C=O) groups is 1. The maximum Gasteiger partial charge on any atom is 0.309 e. The summed E-state index contributed by atoms with van der Waals surface area (Å²) < 4.78 is 4.81. The van der Waals surface area contributed by atoms with Crippen molar-refractivity contribution in [3.05, 3.63) is 0 Å². The lowest BCUT2D eigenvalue weighted by Gasteiger charge is -1.98. The van der Waals surface area contributed by atoms with Crippen LogP contribution < -0.4 is 0 Å². The normalized spacial score (nSPS) is 46.3. The second-order valence-corrected chi connectivity index (χ2v) is 2.89. The Balaban J connectivity index is 2.06. The zero-order chi connectivity index (χ0) is 6.43. The molecule has 1 saturated carbocycles. The number of cyclic esters (lactones) is 1. The van der Waals surface area contributed by atoms with Gasteiger partial charge in [-0.25, -0.2) is 0 Å². The SMILES string of the molecule is CC[C@@H]1[C@@H]2COC(=O)[C@H]12. The standard InChI is InChI=1S/C7H10O2/c1-2-4-5-3-9-7(8)6(4)5/h4-6H,2-3H2,1H3/t4-,5+,6-/m1/s1. The van der Waals surface area contributed by atoms with Crippen LogP contribution in [0.15, 0.2) is 0 Å². The minimum absolute atomic E-state index is 0.0480. The molecular formula is C7H10O2. The quantitative estimate of drug-likeness (QED) is 0.486.